The van der Waals surface area contributed by atoms with Gasteiger partial charge in [0.1, 0.15) is 5.75 Å². The summed E-state index contributed by atoms with van der Waals surface area (Å²) in [7, 11) is 3.64. The molecule has 0 spiro atoms. The van der Waals surface area contributed by atoms with Gasteiger partial charge in [-0.15, -0.1) is 10.2 Å². The highest BCUT2D eigenvalue weighted by Gasteiger charge is 2.11. The SMILES string of the molecule is COc1ccc(CSc2nnc(-c3ccncc3)n2C)cc1Br. The summed E-state index contributed by atoms with van der Waals surface area (Å²) in [6.45, 7) is 0. The molecular formula is C16H15BrN4OS. The van der Waals surface area contributed by atoms with Crippen molar-refractivity contribution in [3.63, 3.8) is 0 Å². The van der Waals surface area contributed by atoms with E-state index in [1.807, 2.05) is 29.8 Å². The fourth-order valence-electron chi connectivity index (χ4n) is 2.14. The first-order chi connectivity index (χ1) is 11.2. The van der Waals surface area contributed by atoms with E-state index in [1.165, 1.54) is 5.56 Å². The quantitative estimate of drug-likeness (QED) is 0.617. The Morgan fingerprint density at radius 1 is 1.17 bits per heavy atom. The number of benzene rings is 1. The highest BCUT2D eigenvalue weighted by molar-refractivity contribution is 9.10. The summed E-state index contributed by atoms with van der Waals surface area (Å²) in [5.74, 6) is 2.48. The van der Waals surface area contributed by atoms with E-state index in [0.717, 1.165) is 32.5 Å². The zero-order valence-corrected chi connectivity index (χ0v) is 15.1. The van der Waals surface area contributed by atoms with Crippen molar-refractivity contribution in [2.45, 2.75) is 10.9 Å². The van der Waals surface area contributed by atoms with Gasteiger partial charge in [0.2, 0.25) is 0 Å². The van der Waals surface area contributed by atoms with E-state index in [-0.39, 0.29) is 0 Å². The highest BCUT2D eigenvalue weighted by Crippen LogP contribution is 2.29. The summed E-state index contributed by atoms with van der Waals surface area (Å²) in [4.78, 5) is 4.03. The first kappa shape index (κ1) is 16.0. The molecule has 1 aromatic carbocycles. The first-order valence-corrected chi connectivity index (χ1v) is 8.72. The van der Waals surface area contributed by atoms with E-state index >= 15 is 0 Å². The Kier molecular flexibility index (Phi) is 4.97. The number of thioether (sulfide) groups is 1. The number of hydrogen-bond donors (Lipinski definition) is 0. The van der Waals surface area contributed by atoms with Crippen molar-refractivity contribution in [2.75, 3.05) is 7.11 Å². The summed E-state index contributed by atoms with van der Waals surface area (Å²) in [5, 5.41) is 9.44. The molecule has 23 heavy (non-hydrogen) atoms. The average molecular weight is 391 g/mol. The van der Waals surface area contributed by atoms with Gasteiger partial charge >= 0.3 is 0 Å². The van der Waals surface area contributed by atoms with Crippen LogP contribution in [0.25, 0.3) is 11.4 Å². The Labute approximate surface area is 147 Å². The molecular weight excluding hydrogens is 376 g/mol. The van der Waals surface area contributed by atoms with Crippen LogP contribution in [0.3, 0.4) is 0 Å². The van der Waals surface area contributed by atoms with Crippen molar-refractivity contribution in [1.29, 1.82) is 0 Å². The number of pyridine rings is 1. The standard InChI is InChI=1S/C16H15BrN4OS/c1-21-15(12-5-7-18-8-6-12)19-20-16(21)23-10-11-3-4-14(22-2)13(17)9-11/h3-9H,10H2,1-2H3. The Morgan fingerprint density at radius 2 is 1.96 bits per heavy atom. The van der Waals surface area contributed by atoms with Crippen LogP contribution in [0, 0.1) is 0 Å². The van der Waals surface area contributed by atoms with Gasteiger partial charge in [-0.3, -0.25) is 4.98 Å². The Hall–Kier alpha value is -1.86. The van der Waals surface area contributed by atoms with Gasteiger partial charge in [-0.2, -0.15) is 0 Å². The van der Waals surface area contributed by atoms with Gasteiger partial charge in [-0.1, -0.05) is 17.8 Å². The number of methoxy groups -OCH3 is 1. The molecule has 0 amide bonds. The second-order valence-electron chi connectivity index (χ2n) is 4.86. The summed E-state index contributed by atoms with van der Waals surface area (Å²) in [6.07, 6.45) is 3.51. The molecule has 3 rings (SSSR count). The van der Waals surface area contributed by atoms with Crippen molar-refractivity contribution in [3.8, 4) is 17.1 Å². The molecule has 0 aliphatic rings. The van der Waals surface area contributed by atoms with E-state index in [2.05, 4.69) is 43.2 Å². The summed E-state index contributed by atoms with van der Waals surface area (Å²) >= 11 is 5.16. The third kappa shape index (κ3) is 3.56. The molecule has 0 unspecified atom stereocenters. The van der Waals surface area contributed by atoms with Crippen molar-refractivity contribution in [1.82, 2.24) is 19.7 Å². The second kappa shape index (κ2) is 7.14. The van der Waals surface area contributed by atoms with Crippen molar-refractivity contribution < 1.29 is 4.74 Å². The van der Waals surface area contributed by atoms with E-state index in [0.29, 0.717) is 0 Å². The summed E-state index contributed by atoms with van der Waals surface area (Å²) in [5.41, 5.74) is 2.20. The van der Waals surface area contributed by atoms with Crippen molar-refractivity contribution in [3.05, 3.63) is 52.8 Å². The maximum atomic E-state index is 5.25. The van der Waals surface area contributed by atoms with Crippen LogP contribution in [0.5, 0.6) is 5.75 Å². The van der Waals surface area contributed by atoms with Crippen molar-refractivity contribution >= 4 is 27.7 Å². The predicted octanol–water partition coefficient (Wildman–Crippen LogP) is 3.94. The van der Waals surface area contributed by atoms with E-state index in [9.17, 15) is 0 Å². The van der Waals surface area contributed by atoms with Crippen LogP contribution >= 0.6 is 27.7 Å². The van der Waals surface area contributed by atoms with Gasteiger partial charge in [-0.25, -0.2) is 0 Å². The third-order valence-electron chi connectivity index (χ3n) is 3.36. The first-order valence-electron chi connectivity index (χ1n) is 6.94. The average Bonchev–Trinajstić information content (AvgIpc) is 2.94. The Balaban J connectivity index is 1.74. The lowest BCUT2D eigenvalue weighted by Gasteiger charge is -2.06. The topological polar surface area (TPSA) is 52.8 Å². The summed E-state index contributed by atoms with van der Waals surface area (Å²) in [6, 6.07) is 9.93. The maximum absolute atomic E-state index is 5.25. The molecule has 0 saturated heterocycles. The molecule has 3 aromatic rings. The largest absolute Gasteiger partial charge is 0.496 e. The fourth-order valence-corrected chi connectivity index (χ4v) is 3.58. The molecule has 0 aliphatic heterocycles. The van der Waals surface area contributed by atoms with Crippen LogP contribution in [-0.2, 0) is 12.8 Å². The minimum Gasteiger partial charge on any atom is -0.496 e. The van der Waals surface area contributed by atoms with Gasteiger partial charge in [-0.05, 0) is 45.8 Å². The molecule has 0 bridgehead atoms. The number of ether oxygens (including phenoxy) is 1. The summed E-state index contributed by atoms with van der Waals surface area (Å²) < 4.78 is 8.20. The molecule has 0 N–H and O–H groups in total. The zero-order chi connectivity index (χ0) is 16.2. The van der Waals surface area contributed by atoms with Crippen LogP contribution in [0.15, 0.2) is 52.4 Å². The number of aromatic nitrogens is 4. The minimum absolute atomic E-state index is 0.810. The Bertz CT molecular complexity index is 807. The van der Waals surface area contributed by atoms with Crippen LogP contribution < -0.4 is 4.74 Å². The lowest BCUT2D eigenvalue weighted by molar-refractivity contribution is 0.412. The van der Waals surface area contributed by atoms with Crippen molar-refractivity contribution in [2.24, 2.45) is 7.05 Å². The molecule has 2 heterocycles. The smallest absolute Gasteiger partial charge is 0.191 e. The molecule has 2 aromatic heterocycles. The second-order valence-corrected chi connectivity index (χ2v) is 6.66. The number of nitrogens with zero attached hydrogens (tertiary/aromatic N) is 4. The highest BCUT2D eigenvalue weighted by atomic mass is 79.9. The molecule has 118 valence electrons. The normalized spacial score (nSPS) is 10.7. The number of halogens is 1. The predicted molar refractivity (Wildman–Crippen MR) is 94.5 cm³/mol. The molecule has 7 heteroatoms. The molecule has 0 radical (unpaired) electrons. The van der Waals surface area contributed by atoms with Gasteiger partial charge in [0.05, 0.1) is 11.6 Å². The fraction of sp³-hybridized carbons (Fsp3) is 0.188. The third-order valence-corrected chi connectivity index (χ3v) is 5.07. The van der Waals surface area contributed by atoms with E-state index in [4.69, 9.17) is 4.74 Å². The number of rotatable bonds is 5. The minimum atomic E-state index is 0.810. The van der Waals surface area contributed by atoms with Crippen LogP contribution in [0.2, 0.25) is 0 Å². The van der Waals surface area contributed by atoms with Crippen LogP contribution in [0.1, 0.15) is 5.56 Å². The number of hydrogen-bond acceptors (Lipinski definition) is 5. The molecule has 5 nitrogen and oxygen atoms in total. The maximum Gasteiger partial charge on any atom is 0.191 e. The van der Waals surface area contributed by atoms with Gasteiger partial charge in [0.15, 0.2) is 11.0 Å². The van der Waals surface area contributed by atoms with Gasteiger partial charge in [0, 0.05) is 30.8 Å². The lowest BCUT2D eigenvalue weighted by atomic mass is 10.2. The van der Waals surface area contributed by atoms with E-state index in [1.54, 1.807) is 31.3 Å². The zero-order valence-electron chi connectivity index (χ0n) is 12.7. The molecule has 0 aliphatic carbocycles. The molecule has 0 fully saturated rings. The lowest BCUT2D eigenvalue weighted by Crippen LogP contribution is -1.95. The van der Waals surface area contributed by atoms with Gasteiger partial charge < -0.3 is 9.30 Å². The Morgan fingerprint density at radius 3 is 2.65 bits per heavy atom. The van der Waals surface area contributed by atoms with Crippen LogP contribution in [0.4, 0.5) is 0 Å². The van der Waals surface area contributed by atoms with Gasteiger partial charge in [0.25, 0.3) is 0 Å². The van der Waals surface area contributed by atoms with E-state index < -0.39 is 0 Å². The molecule has 0 saturated carbocycles. The monoisotopic (exact) mass is 390 g/mol. The van der Waals surface area contributed by atoms with Crippen LogP contribution in [-0.4, -0.2) is 26.9 Å². The molecule has 0 atom stereocenters.